The third kappa shape index (κ3) is 3.27. The van der Waals surface area contributed by atoms with E-state index in [0.717, 1.165) is 42.3 Å². The lowest BCUT2D eigenvalue weighted by molar-refractivity contribution is 0.252. The lowest BCUT2D eigenvalue weighted by Crippen LogP contribution is -2.27. The van der Waals surface area contributed by atoms with Gasteiger partial charge in [-0.1, -0.05) is 39.3 Å². The Hall–Kier alpha value is -2.37. The van der Waals surface area contributed by atoms with Crippen LogP contribution in [0, 0.1) is 0 Å². The van der Waals surface area contributed by atoms with Gasteiger partial charge in [-0.25, -0.2) is 14.5 Å². The van der Waals surface area contributed by atoms with E-state index in [1.54, 1.807) is 4.90 Å². The van der Waals surface area contributed by atoms with Gasteiger partial charge in [0, 0.05) is 36.8 Å². The van der Waals surface area contributed by atoms with Crippen LogP contribution < -0.4 is 10.2 Å². The van der Waals surface area contributed by atoms with E-state index in [1.165, 1.54) is 0 Å². The van der Waals surface area contributed by atoms with E-state index in [0.29, 0.717) is 19.0 Å². The average molecular weight is 327 g/mol. The molecule has 0 radical (unpaired) electrons. The molecule has 0 bridgehead atoms. The minimum absolute atomic E-state index is 0.0394. The van der Waals surface area contributed by atoms with Crippen molar-refractivity contribution in [1.82, 2.24) is 20.1 Å². The van der Waals surface area contributed by atoms with Gasteiger partial charge in [0.2, 0.25) is 0 Å². The van der Waals surface area contributed by atoms with Gasteiger partial charge in [0.15, 0.2) is 11.6 Å². The molecule has 1 aliphatic heterocycles. The summed E-state index contributed by atoms with van der Waals surface area (Å²) in [5.41, 5.74) is 1.90. The maximum atomic E-state index is 11.9. The number of benzene rings is 1. The predicted molar refractivity (Wildman–Crippen MR) is 95.2 cm³/mol. The number of aryl methyl sites for hydroxylation is 1. The molecule has 3 rings (SSSR count). The molecule has 0 atom stereocenters. The van der Waals surface area contributed by atoms with Gasteiger partial charge >= 0.3 is 6.03 Å². The number of aromatic nitrogens is 3. The Bertz CT molecular complexity index is 722. The smallest absolute Gasteiger partial charge is 0.321 e. The Balaban J connectivity index is 1.97. The van der Waals surface area contributed by atoms with Gasteiger partial charge in [0.1, 0.15) is 0 Å². The predicted octanol–water partition coefficient (Wildman–Crippen LogP) is 3.40. The first-order valence-electron chi connectivity index (χ1n) is 8.70. The summed E-state index contributed by atoms with van der Waals surface area (Å²) in [6, 6.07) is 7.96. The van der Waals surface area contributed by atoms with Crippen molar-refractivity contribution >= 4 is 11.7 Å². The van der Waals surface area contributed by atoms with Crippen LogP contribution >= 0.6 is 0 Å². The van der Waals surface area contributed by atoms with Crippen molar-refractivity contribution in [3.8, 4) is 11.4 Å². The second-order valence-corrected chi connectivity index (χ2v) is 6.46. The Morgan fingerprint density at radius 2 is 2.17 bits per heavy atom. The number of hydrogen-bond acceptors (Lipinski definition) is 3. The van der Waals surface area contributed by atoms with E-state index in [9.17, 15) is 4.79 Å². The highest BCUT2D eigenvalue weighted by molar-refractivity contribution is 5.94. The number of unbranched alkanes of at least 4 members (excludes halogenated alkanes) is 1. The fraction of sp³-hybridized carbons (Fsp3) is 0.500. The fourth-order valence-electron chi connectivity index (χ4n) is 2.81. The summed E-state index contributed by atoms with van der Waals surface area (Å²) in [6.07, 6.45) is 2.19. The van der Waals surface area contributed by atoms with Gasteiger partial charge in [-0.05, 0) is 18.6 Å². The van der Waals surface area contributed by atoms with Gasteiger partial charge < -0.3 is 5.32 Å². The third-order valence-corrected chi connectivity index (χ3v) is 4.20. The van der Waals surface area contributed by atoms with Gasteiger partial charge in [-0.3, -0.25) is 4.90 Å². The maximum Gasteiger partial charge on any atom is 0.321 e. The Labute approximate surface area is 142 Å². The molecular weight excluding hydrogens is 302 g/mol. The second kappa shape index (κ2) is 7.03. The fourth-order valence-corrected chi connectivity index (χ4v) is 2.81. The second-order valence-electron chi connectivity index (χ2n) is 6.46. The first kappa shape index (κ1) is 16.5. The molecular formula is C18H25N5O. The molecule has 1 N–H and O–H groups in total. The van der Waals surface area contributed by atoms with E-state index < -0.39 is 0 Å². The molecule has 6 heteroatoms. The highest BCUT2D eigenvalue weighted by Crippen LogP contribution is 2.26. The third-order valence-electron chi connectivity index (χ3n) is 4.20. The van der Waals surface area contributed by atoms with Crippen LogP contribution in [0.4, 0.5) is 10.5 Å². The summed E-state index contributed by atoms with van der Waals surface area (Å²) in [7, 11) is 0. The zero-order valence-corrected chi connectivity index (χ0v) is 14.6. The minimum atomic E-state index is -0.0394. The number of carbonyl (C=O) groups is 1. The molecule has 6 nitrogen and oxygen atoms in total. The summed E-state index contributed by atoms with van der Waals surface area (Å²) in [6.45, 7) is 8.63. The van der Waals surface area contributed by atoms with Crippen LogP contribution in [0.25, 0.3) is 11.4 Å². The molecule has 128 valence electrons. The van der Waals surface area contributed by atoms with Crippen LogP contribution in [0.1, 0.15) is 45.4 Å². The molecule has 0 spiro atoms. The van der Waals surface area contributed by atoms with Crippen molar-refractivity contribution in [2.45, 2.75) is 46.1 Å². The molecule has 2 aromatic rings. The molecule has 2 amide bonds. The van der Waals surface area contributed by atoms with Crippen LogP contribution in [-0.2, 0) is 6.54 Å². The topological polar surface area (TPSA) is 63.1 Å². The van der Waals surface area contributed by atoms with Crippen LogP contribution in [-0.4, -0.2) is 33.9 Å². The highest BCUT2D eigenvalue weighted by Gasteiger charge is 2.22. The molecule has 2 heterocycles. The number of rotatable bonds is 6. The molecule has 0 unspecified atom stereocenters. The van der Waals surface area contributed by atoms with E-state index >= 15 is 0 Å². The van der Waals surface area contributed by atoms with E-state index in [1.807, 2.05) is 28.9 Å². The Morgan fingerprint density at radius 1 is 1.33 bits per heavy atom. The molecule has 1 aromatic carbocycles. The van der Waals surface area contributed by atoms with Crippen molar-refractivity contribution in [2.24, 2.45) is 0 Å². The summed E-state index contributed by atoms with van der Waals surface area (Å²) in [4.78, 5) is 18.4. The standard InChI is InChI=1S/C18H25N5O/c1-4-5-10-23-17(20-16(21-23)13(2)3)14-7-6-8-15(12-14)22-11-9-19-18(22)24/h6-8,12-13H,4-5,9-11H2,1-3H3,(H,19,24). The monoisotopic (exact) mass is 327 g/mol. The molecule has 1 aromatic heterocycles. The lowest BCUT2D eigenvalue weighted by Gasteiger charge is -2.15. The van der Waals surface area contributed by atoms with Gasteiger partial charge in [-0.2, -0.15) is 5.10 Å². The number of urea groups is 1. The van der Waals surface area contributed by atoms with Crippen molar-refractivity contribution in [3.05, 3.63) is 30.1 Å². The van der Waals surface area contributed by atoms with Gasteiger partial charge in [-0.15, -0.1) is 0 Å². The normalized spacial score (nSPS) is 14.5. The quantitative estimate of drug-likeness (QED) is 0.884. The zero-order valence-electron chi connectivity index (χ0n) is 14.6. The number of anilines is 1. The number of nitrogens with one attached hydrogen (secondary N) is 1. The van der Waals surface area contributed by atoms with E-state index in [4.69, 9.17) is 4.98 Å². The van der Waals surface area contributed by atoms with Crippen molar-refractivity contribution in [2.75, 3.05) is 18.0 Å². The number of carbonyl (C=O) groups excluding carboxylic acids is 1. The molecule has 0 aliphatic carbocycles. The lowest BCUT2D eigenvalue weighted by atomic mass is 10.1. The first-order chi connectivity index (χ1) is 11.6. The molecule has 1 saturated heterocycles. The number of nitrogens with zero attached hydrogens (tertiary/aromatic N) is 4. The Morgan fingerprint density at radius 3 is 2.83 bits per heavy atom. The highest BCUT2D eigenvalue weighted by atomic mass is 16.2. The molecule has 1 aliphatic rings. The van der Waals surface area contributed by atoms with E-state index in [2.05, 4.69) is 31.2 Å². The van der Waals surface area contributed by atoms with E-state index in [-0.39, 0.29) is 6.03 Å². The van der Waals surface area contributed by atoms with Crippen LogP contribution in [0.2, 0.25) is 0 Å². The van der Waals surface area contributed by atoms with Crippen molar-refractivity contribution in [1.29, 1.82) is 0 Å². The van der Waals surface area contributed by atoms with Crippen LogP contribution in [0.3, 0.4) is 0 Å². The van der Waals surface area contributed by atoms with Gasteiger partial charge in [0.05, 0.1) is 0 Å². The summed E-state index contributed by atoms with van der Waals surface area (Å²) >= 11 is 0. The summed E-state index contributed by atoms with van der Waals surface area (Å²) in [5, 5.41) is 7.52. The SMILES string of the molecule is CCCCn1nc(C(C)C)nc1-c1cccc(N2CCNC2=O)c1. The van der Waals surface area contributed by atoms with Gasteiger partial charge in [0.25, 0.3) is 0 Å². The van der Waals surface area contributed by atoms with Crippen LogP contribution in [0.15, 0.2) is 24.3 Å². The Kier molecular flexibility index (Phi) is 4.83. The number of amides is 2. The first-order valence-corrected chi connectivity index (χ1v) is 8.70. The molecule has 24 heavy (non-hydrogen) atoms. The molecule has 0 saturated carbocycles. The molecule has 1 fully saturated rings. The largest absolute Gasteiger partial charge is 0.336 e. The maximum absolute atomic E-state index is 11.9. The summed E-state index contributed by atoms with van der Waals surface area (Å²) in [5.74, 6) is 2.04. The van der Waals surface area contributed by atoms with Crippen LogP contribution in [0.5, 0.6) is 0 Å². The minimum Gasteiger partial charge on any atom is -0.336 e. The zero-order chi connectivity index (χ0) is 17.1. The van der Waals surface area contributed by atoms with Crippen molar-refractivity contribution in [3.63, 3.8) is 0 Å². The average Bonchev–Trinajstić information content (AvgIpc) is 3.19. The van der Waals surface area contributed by atoms with Crippen molar-refractivity contribution < 1.29 is 4.79 Å². The summed E-state index contributed by atoms with van der Waals surface area (Å²) < 4.78 is 2.00. The number of hydrogen-bond donors (Lipinski definition) is 1.